The van der Waals surface area contributed by atoms with E-state index in [0.29, 0.717) is 44.8 Å². The Morgan fingerprint density at radius 1 is 1.03 bits per heavy atom. The van der Waals surface area contributed by atoms with Crippen molar-refractivity contribution >= 4 is 17.7 Å². The summed E-state index contributed by atoms with van der Waals surface area (Å²) in [5, 5.41) is 7.49. The van der Waals surface area contributed by atoms with Gasteiger partial charge in [-0.15, -0.1) is 0 Å². The second kappa shape index (κ2) is 10.6. The van der Waals surface area contributed by atoms with E-state index in [-0.39, 0.29) is 29.5 Å². The Balaban J connectivity index is 1.29. The van der Waals surface area contributed by atoms with E-state index in [1.807, 2.05) is 35.2 Å². The molecule has 1 aromatic heterocycles. The maximum absolute atomic E-state index is 13.5. The quantitative estimate of drug-likeness (QED) is 0.685. The Morgan fingerprint density at radius 2 is 1.89 bits per heavy atom. The predicted octanol–water partition coefficient (Wildman–Crippen LogP) is 2.22. The van der Waals surface area contributed by atoms with Crippen LogP contribution in [0.4, 0.5) is 0 Å². The Bertz CT molecular complexity index is 1060. The molecule has 3 aliphatic heterocycles. The van der Waals surface area contributed by atoms with Crippen molar-refractivity contribution < 1.29 is 19.1 Å². The van der Waals surface area contributed by atoms with Crippen LogP contribution in [0.15, 0.2) is 36.4 Å². The lowest BCUT2D eigenvalue weighted by molar-refractivity contribution is -0.127. The van der Waals surface area contributed by atoms with Gasteiger partial charge in [0.25, 0.3) is 11.8 Å². The highest BCUT2D eigenvalue weighted by atomic mass is 16.5. The van der Waals surface area contributed by atoms with Crippen LogP contribution >= 0.6 is 0 Å². The molecule has 4 heterocycles. The standard InChI is InChI=1S/C26H33N5O4/c32-24(27-17-20-10-6-15-35-20)22-11-4-5-13-30(22)25(33)21-16-23-26(34)29(12-7-14-31(23)28-21)18-19-8-2-1-3-9-19/h1-3,8-9,16,20,22H,4-7,10-15,17-18H2,(H,27,32)/t20-,22+/m0/s1. The molecule has 9 nitrogen and oxygen atoms in total. The second-order valence-electron chi connectivity index (χ2n) is 9.59. The zero-order valence-corrected chi connectivity index (χ0v) is 20.0. The maximum atomic E-state index is 13.5. The van der Waals surface area contributed by atoms with Crippen molar-refractivity contribution in [2.24, 2.45) is 0 Å². The monoisotopic (exact) mass is 479 g/mol. The van der Waals surface area contributed by atoms with Gasteiger partial charge in [0.2, 0.25) is 5.91 Å². The van der Waals surface area contributed by atoms with Gasteiger partial charge in [0.05, 0.1) is 6.10 Å². The predicted molar refractivity (Wildman–Crippen MR) is 129 cm³/mol. The Kier molecular flexibility index (Phi) is 7.13. The molecule has 0 unspecified atom stereocenters. The SMILES string of the molecule is O=C(NC[C@@H]1CCCO1)[C@H]1CCCCN1C(=O)c1cc2n(n1)CCCN(Cc1ccccc1)C2=O. The molecule has 2 fully saturated rings. The molecular formula is C26H33N5O4. The number of hydrogen-bond donors (Lipinski definition) is 1. The number of likely N-dealkylation sites (tertiary alicyclic amines) is 1. The lowest BCUT2D eigenvalue weighted by Crippen LogP contribution is -2.52. The van der Waals surface area contributed by atoms with Crippen molar-refractivity contribution in [1.29, 1.82) is 0 Å². The minimum atomic E-state index is -0.524. The van der Waals surface area contributed by atoms with Gasteiger partial charge in [-0.1, -0.05) is 30.3 Å². The van der Waals surface area contributed by atoms with Gasteiger partial charge in [0.15, 0.2) is 5.69 Å². The van der Waals surface area contributed by atoms with Crippen molar-refractivity contribution in [3.05, 3.63) is 53.3 Å². The van der Waals surface area contributed by atoms with Gasteiger partial charge in [0.1, 0.15) is 11.7 Å². The summed E-state index contributed by atoms with van der Waals surface area (Å²) in [6, 6.07) is 11.0. The summed E-state index contributed by atoms with van der Waals surface area (Å²) < 4.78 is 7.25. The first-order valence-electron chi connectivity index (χ1n) is 12.7. The summed E-state index contributed by atoms with van der Waals surface area (Å²) in [4.78, 5) is 43.2. The van der Waals surface area contributed by atoms with E-state index < -0.39 is 6.04 Å². The molecule has 1 N–H and O–H groups in total. The zero-order chi connectivity index (χ0) is 24.2. The first kappa shape index (κ1) is 23.5. The summed E-state index contributed by atoms with van der Waals surface area (Å²) >= 11 is 0. The second-order valence-corrected chi connectivity index (χ2v) is 9.59. The van der Waals surface area contributed by atoms with E-state index in [1.54, 1.807) is 15.6 Å². The maximum Gasteiger partial charge on any atom is 0.275 e. The van der Waals surface area contributed by atoms with Gasteiger partial charge in [-0.25, -0.2) is 0 Å². The average Bonchev–Trinajstić information content (AvgIpc) is 3.54. The number of nitrogens with zero attached hydrogens (tertiary/aromatic N) is 4. The minimum absolute atomic E-state index is 0.0559. The van der Waals surface area contributed by atoms with Crippen molar-refractivity contribution in [3.8, 4) is 0 Å². The highest BCUT2D eigenvalue weighted by Gasteiger charge is 2.35. The third-order valence-corrected chi connectivity index (χ3v) is 7.11. The lowest BCUT2D eigenvalue weighted by Gasteiger charge is -2.34. The molecule has 35 heavy (non-hydrogen) atoms. The van der Waals surface area contributed by atoms with E-state index in [4.69, 9.17) is 4.74 Å². The molecule has 9 heteroatoms. The number of amides is 3. The van der Waals surface area contributed by atoms with Crippen LogP contribution < -0.4 is 5.32 Å². The number of fused-ring (bicyclic) bond motifs is 1. The molecule has 186 valence electrons. The molecule has 3 aliphatic rings. The Labute approximate surface area is 205 Å². The third kappa shape index (κ3) is 5.24. The van der Waals surface area contributed by atoms with Crippen LogP contribution in [-0.4, -0.2) is 75.7 Å². The summed E-state index contributed by atoms with van der Waals surface area (Å²) in [6.07, 6.45) is 5.15. The van der Waals surface area contributed by atoms with Crippen LogP contribution in [0.3, 0.4) is 0 Å². The first-order chi connectivity index (χ1) is 17.1. The fraction of sp³-hybridized carbons (Fsp3) is 0.538. The van der Waals surface area contributed by atoms with Gasteiger partial charge in [-0.3, -0.25) is 19.1 Å². The van der Waals surface area contributed by atoms with Gasteiger partial charge in [-0.2, -0.15) is 5.10 Å². The molecule has 0 bridgehead atoms. The van der Waals surface area contributed by atoms with E-state index in [9.17, 15) is 14.4 Å². The Hall–Kier alpha value is -3.20. The Morgan fingerprint density at radius 3 is 2.69 bits per heavy atom. The molecule has 0 spiro atoms. The van der Waals surface area contributed by atoms with Crippen molar-refractivity contribution in [2.75, 3.05) is 26.2 Å². The van der Waals surface area contributed by atoms with E-state index in [1.165, 1.54) is 0 Å². The summed E-state index contributed by atoms with van der Waals surface area (Å²) in [5.74, 6) is -0.549. The highest BCUT2D eigenvalue weighted by Crippen LogP contribution is 2.22. The lowest BCUT2D eigenvalue weighted by atomic mass is 10.0. The van der Waals surface area contributed by atoms with Crippen LogP contribution in [0.5, 0.6) is 0 Å². The van der Waals surface area contributed by atoms with Crippen LogP contribution in [0, 0.1) is 0 Å². The zero-order valence-electron chi connectivity index (χ0n) is 20.0. The van der Waals surface area contributed by atoms with Gasteiger partial charge in [0, 0.05) is 45.4 Å². The van der Waals surface area contributed by atoms with E-state index >= 15 is 0 Å². The molecule has 0 radical (unpaired) electrons. The average molecular weight is 480 g/mol. The number of carbonyl (C=O) groups excluding carboxylic acids is 3. The van der Waals surface area contributed by atoms with Crippen molar-refractivity contribution in [3.63, 3.8) is 0 Å². The third-order valence-electron chi connectivity index (χ3n) is 7.11. The summed E-state index contributed by atoms with van der Waals surface area (Å²) in [5.41, 5.74) is 1.72. The van der Waals surface area contributed by atoms with Gasteiger partial charge >= 0.3 is 0 Å². The fourth-order valence-corrected chi connectivity index (χ4v) is 5.23. The molecule has 2 atom stereocenters. The number of aromatic nitrogens is 2. The summed E-state index contributed by atoms with van der Waals surface area (Å²) in [6.45, 7) is 3.45. The molecule has 2 saturated heterocycles. The molecule has 3 amide bonds. The number of nitrogens with one attached hydrogen (secondary N) is 1. The molecular weight excluding hydrogens is 446 g/mol. The van der Waals surface area contributed by atoms with Gasteiger partial charge < -0.3 is 19.9 Å². The summed E-state index contributed by atoms with van der Waals surface area (Å²) in [7, 11) is 0. The molecule has 1 aromatic carbocycles. The fourth-order valence-electron chi connectivity index (χ4n) is 5.23. The largest absolute Gasteiger partial charge is 0.376 e. The molecule has 0 aliphatic carbocycles. The normalized spacial score (nSPS) is 22.6. The number of benzene rings is 1. The van der Waals surface area contributed by atoms with Crippen molar-refractivity contribution in [1.82, 2.24) is 24.9 Å². The topological polar surface area (TPSA) is 96.8 Å². The van der Waals surface area contributed by atoms with Crippen LogP contribution in [0.2, 0.25) is 0 Å². The number of carbonyl (C=O) groups is 3. The first-order valence-corrected chi connectivity index (χ1v) is 12.7. The van der Waals surface area contributed by atoms with Crippen LogP contribution in [0.25, 0.3) is 0 Å². The van der Waals surface area contributed by atoms with Crippen molar-refractivity contribution in [2.45, 2.75) is 63.8 Å². The van der Waals surface area contributed by atoms with E-state index in [0.717, 1.165) is 44.3 Å². The molecule has 0 saturated carbocycles. The molecule has 2 aromatic rings. The number of hydrogen-bond acceptors (Lipinski definition) is 5. The van der Waals surface area contributed by atoms with E-state index in [2.05, 4.69) is 10.4 Å². The minimum Gasteiger partial charge on any atom is -0.376 e. The number of ether oxygens (including phenoxy) is 1. The van der Waals surface area contributed by atoms with Gasteiger partial charge in [-0.05, 0) is 44.1 Å². The highest BCUT2D eigenvalue weighted by molar-refractivity contribution is 5.99. The van der Waals surface area contributed by atoms with Crippen LogP contribution in [-0.2, 0) is 22.6 Å². The number of rotatable bonds is 6. The smallest absolute Gasteiger partial charge is 0.275 e. The van der Waals surface area contributed by atoms with Crippen LogP contribution in [0.1, 0.15) is 65.1 Å². The number of piperidine rings is 1. The number of aryl methyl sites for hydroxylation is 1. The molecule has 5 rings (SSSR count).